The van der Waals surface area contributed by atoms with Crippen molar-refractivity contribution in [2.75, 3.05) is 19.5 Å². The summed E-state index contributed by atoms with van der Waals surface area (Å²) in [5.41, 5.74) is 0.226. The second kappa shape index (κ2) is 10.1. The summed E-state index contributed by atoms with van der Waals surface area (Å²) in [6.45, 7) is 0.622. The average Bonchev–Trinajstić information content (AvgIpc) is 3.18. The third-order valence-electron chi connectivity index (χ3n) is 4.68. The number of halogens is 1. The van der Waals surface area contributed by atoms with Gasteiger partial charge in [-0.05, 0) is 31.0 Å². The molecule has 0 radical (unpaired) electrons. The number of nitrogens with zero attached hydrogens (tertiary/aromatic N) is 2. The Morgan fingerprint density at radius 1 is 1.34 bits per heavy atom. The van der Waals surface area contributed by atoms with Crippen molar-refractivity contribution in [1.29, 1.82) is 0 Å². The number of hydrogen-bond acceptors (Lipinski definition) is 6. The van der Waals surface area contributed by atoms with Crippen LogP contribution in [0.4, 0.5) is 4.79 Å². The number of carbonyl (C=O) groups excluding carboxylic acids is 2. The quantitative estimate of drug-likeness (QED) is 0.508. The fraction of sp³-hybridized carbons (Fsp3) is 0.474. The van der Waals surface area contributed by atoms with Crippen LogP contribution in [0.1, 0.15) is 25.7 Å². The fourth-order valence-electron chi connectivity index (χ4n) is 3.25. The van der Waals surface area contributed by atoms with Gasteiger partial charge in [0, 0.05) is 18.2 Å². The molecule has 1 aromatic carbocycles. The van der Waals surface area contributed by atoms with Gasteiger partial charge in [-0.2, -0.15) is 0 Å². The van der Waals surface area contributed by atoms with E-state index in [0.717, 1.165) is 37.4 Å². The number of rotatable bonds is 7. The van der Waals surface area contributed by atoms with Gasteiger partial charge in [0.05, 0.1) is 29.8 Å². The van der Waals surface area contributed by atoms with E-state index in [-0.39, 0.29) is 17.4 Å². The van der Waals surface area contributed by atoms with E-state index in [4.69, 9.17) is 16.3 Å². The maximum atomic E-state index is 12.8. The summed E-state index contributed by atoms with van der Waals surface area (Å²) in [5, 5.41) is 6.41. The lowest BCUT2D eigenvalue weighted by Gasteiger charge is -2.14. The third kappa shape index (κ3) is 5.71. The predicted octanol–water partition coefficient (Wildman–Crippen LogP) is 2.56. The molecule has 1 aliphatic rings. The Balaban J connectivity index is 1.71. The molecule has 3 amide bonds. The average molecular weight is 439 g/mol. The van der Waals surface area contributed by atoms with Crippen molar-refractivity contribution in [3.63, 3.8) is 0 Å². The Kier molecular flexibility index (Phi) is 7.51. The van der Waals surface area contributed by atoms with Gasteiger partial charge in [0.15, 0.2) is 5.16 Å². The number of ether oxygens (including phenoxy) is 1. The first-order valence-electron chi connectivity index (χ1n) is 9.40. The first-order valence-corrected chi connectivity index (χ1v) is 10.8. The van der Waals surface area contributed by atoms with E-state index in [1.54, 1.807) is 25.3 Å². The van der Waals surface area contributed by atoms with Gasteiger partial charge >= 0.3 is 6.03 Å². The predicted molar refractivity (Wildman–Crippen MR) is 113 cm³/mol. The van der Waals surface area contributed by atoms with Crippen molar-refractivity contribution < 1.29 is 14.3 Å². The summed E-state index contributed by atoms with van der Waals surface area (Å²) in [4.78, 5) is 41.4. The summed E-state index contributed by atoms with van der Waals surface area (Å²) in [6, 6.07) is 4.51. The smallest absolute Gasteiger partial charge is 0.321 e. The highest BCUT2D eigenvalue weighted by Gasteiger charge is 2.19. The zero-order valence-corrected chi connectivity index (χ0v) is 17.6. The van der Waals surface area contributed by atoms with Crippen LogP contribution in [0.25, 0.3) is 10.9 Å². The number of hydrogen-bond donors (Lipinski definition) is 2. The molecular weight excluding hydrogens is 416 g/mol. The molecule has 0 unspecified atom stereocenters. The molecular formula is C19H23ClN4O4S. The van der Waals surface area contributed by atoms with E-state index in [9.17, 15) is 14.4 Å². The minimum atomic E-state index is -0.488. The van der Waals surface area contributed by atoms with Crippen LogP contribution in [0.5, 0.6) is 0 Å². The number of fused-ring (bicyclic) bond motifs is 1. The maximum Gasteiger partial charge on any atom is 0.321 e. The third-order valence-corrected chi connectivity index (χ3v) is 5.89. The van der Waals surface area contributed by atoms with Crippen molar-refractivity contribution in [3.8, 4) is 0 Å². The van der Waals surface area contributed by atoms with Gasteiger partial charge in [-0.3, -0.25) is 19.5 Å². The molecule has 2 aromatic rings. The summed E-state index contributed by atoms with van der Waals surface area (Å²) in [6.07, 6.45) is 4.05. The van der Waals surface area contributed by atoms with Crippen LogP contribution in [-0.2, 0) is 16.1 Å². The molecule has 1 aliphatic carbocycles. The number of methoxy groups -OCH3 is 1. The van der Waals surface area contributed by atoms with Gasteiger partial charge in [0.2, 0.25) is 5.91 Å². The molecule has 29 heavy (non-hydrogen) atoms. The second-order valence-corrected chi connectivity index (χ2v) is 8.18. The van der Waals surface area contributed by atoms with E-state index < -0.39 is 11.9 Å². The first-order chi connectivity index (χ1) is 14.0. The number of carbonyl (C=O) groups is 2. The van der Waals surface area contributed by atoms with E-state index in [1.807, 2.05) is 0 Å². The Morgan fingerprint density at radius 2 is 2.10 bits per heavy atom. The van der Waals surface area contributed by atoms with E-state index in [2.05, 4.69) is 15.6 Å². The van der Waals surface area contributed by atoms with Crippen LogP contribution >= 0.6 is 23.4 Å². The Morgan fingerprint density at radius 3 is 2.83 bits per heavy atom. The van der Waals surface area contributed by atoms with E-state index in [0.29, 0.717) is 34.2 Å². The standard InChI is InChI=1S/C19H23ClN4O4S/c1-28-9-8-24-17(26)14-7-6-12(20)10-15(14)22-19(24)29-11-16(25)23-18(27)21-13-4-2-3-5-13/h6-7,10,13H,2-5,8-9,11H2,1H3,(H2,21,23,25,27). The van der Waals surface area contributed by atoms with Crippen LogP contribution in [-0.4, -0.2) is 47.0 Å². The van der Waals surface area contributed by atoms with Crippen LogP contribution in [0.2, 0.25) is 5.02 Å². The lowest BCUT2D eigenvalue weighted by atomic mass is 10.2. The molecule has 1 fully saturated rings. The minimum absolute atomic E-state index is 0.0520. The molecule has 0 spiro atoms. The van der Waals surface area contributed by atoms with Gasteiger partial charge in [-0.25, -0.2) is 9.78 Å². The molecule has 1 aromatic heterocycles. The second-order valence-electron chi connectivity index (χ2n) is 6.80. The molecule has 3 rings (SSSR count). The lowest BCUT2D eigenvalue weighted by molar-refractivity contribution is -0.117. The van der Waals surface area contributed by atoms with E-state index >= 15 is 0 Å². The molecule has 0 atom stereocenters. The van der Waals surface area contributed by atoms with Crippen LogP contribution in [0.3, 0.4) is 0 Å². The Bertz CT molecular complexity index is 959. The summed E-state index contributed by atoms with van der Waals surface area (Å²) >= 11 is 7.10. The Hall–Kier alpha value is -2.10. The Labute approximate surface area is 177 Å². The van der Waals surface area contributed by atoms with Gasteiger partial charge in [-0.15, -0.1) is 0 Å². The summed E-state index contributed by atoms with van der Waals surface area (Å²) in [7, 11) is 1.54. The van der Waals surface area contributed by atoms with Gasteiger partial charge in [0.25, 0.3) is 5.56 Å². The molecule has 8 nitrogen and oxygen atoms in total. The van der Waals surface area contributed by atoms with Gasteiger partial charge in [0.1, 0.15) is 0 Å². The largest absolute Gasteiger partial charge is 0.383 e. The van der Waals surface area contributed by atoms with Crippen molar-refractivity contribution in [3.05, 3.63) is 33.6 Å². The van der Waals surface area contributed by atoms with Crippen molar-refractivity contribution in [2.45, 2.75) is 43.4 Å². The van der Waals surface area contributed by atoms with Crippen LogP contribution in [0.15, 0.2) is 28.2 Å². The summed E-state index contributed by atoms with van der Waals surface area (Å²) in [5.74, 6) is -0.506. The van der Waals surface area contributed by atoms with Crippen LogP contribution in [0, 0.1) is 0 Å². The van der Waals surface area contributed by atoms with Gasteiger partial charge in [-0.1, -0.05) is 36.2 Å². The highest BCUT2D eigenvalue weighted by molar-refractivity contribution is 7.99. The van der Waals surface area contributed by atoms with Crippen LogP contribution < -0.4 is 16.2 Å². The SMILES string of the molecule is COCCn1c(SCC(=O)NC(=O)NC2CCCC2)nc2cc(Cl)ccc2c1=O. The van der Waals surface area contributed by atoms with E-state index in [1.165, 1.54) is 4.57 Å². The zero-order valence-electron chi connectivity index (χ0n) is 16.1. The number of nitrogens with one attached hydrogen (secondary N) is 2. The minimum Gasteiger partial charge on any atom is -0.383 e. The summed E-state index contributed by atoms with van der Waals surface area (Å²) < 4.78 is 6.55. The van der Waals surface area contributed by atoms with Crippen molar-refractivity contribution in [1.82, 2.24) is 20.2 Å². The molecule has 0 bridgehead atoms. The number of urea groups is 1. The highest BCUT2D eigenvalue weighted by Crippen LogP contribution is 2.20. The van der Waals surface area contributed by atoms with Crippen molar-refractivity contribution >= 4 is 46.2 Å². The number of aromatic nitrogens is 2. The number of amides is 3. The highest BCUT2D eigenvalue weighted by atomic mass is 35.5. The molecule has 156 valence electrons. The number of benzene rings is 1. The normalized spacial score (nSPS) is 14.3. The first kappa shape index (κ1) is 21.6. The van der Waals surface area contributed by atoms with Crippen molar-refractivity contribution in [2.24, 2.45) is 0 Å². The molecule has 0 aliphatic heterocycles. The molecule has 0 saturated heterocycles. The number of thioether (sulfide) groups is 1. The lowest BCUT2D eigenvalue weighted by Crippen LogP contribution is -2.44. The molecule has 1 heterocycles. The van der Waals surface area contributed by atoms with Gasteiger partial charge < -0.3 is 10.1 Å². The molecule has 10 heteroatoms. The molecule has 2 N–H and O–H groups in total. The number of imide groups is 1. The maximum absolute atomic E-state index is 12.8. The zero-order chi connectivity index (χ0) is 20.8. The molecule has 1 saturated carbocycles. The fourth-order valence-corrected chi connectivity index (χ4v) is 4.24. The monoisotopic (exact) mass is 438 g/mol. The topological polar surface area (TPSA) is 102 Å².